The van der Waals surface area contributed by atoms with E-state index in [1.165, 1.54) is 0 Å². The van der Waals surface area contributed by atoms with Crippen molar-refractivity contribution in [3.8, 4) is 6.07 Å². The molecule has 78 valence electrons. The fraction of sp³-hybridized carbons (Fsp3) is 0.333. The molecular formula is C12H13NOS. The lowest BCUT2D eigenvalue weighted by Crippen LogP contribution is -2.08. The van der Waals surface area contributed by atoms with Crippen LogP contribution in [0, 0.1) is 11.3 Å². The van der Waals surface area contributed by atoms with E-state index < -0.39 is 0 Å². The Morgan fingerprint density at radius 3 is 2.53 bits per heavy atom. The standard InChI is InChI=1S/C12H13NOS/c1-12(2,3)15-11-9(7-13)5-4-6-10(11)8-14/h4-6,8H,1-3H3. The van der Waals surface area contributed by atoms with E-state index in [2.05, 4.69) is 26.8 Å². The molecule has 0 aliphatic rings. The van der Waals surface area contributed by atoms with Crippen LogP contribution in [0.4, 0.5) is 0 Å². The number of benzene rings is 1. The van der Waals surface area contributed by atoms with E-state index in [0.717, 1.165) is 11.2 Å². The monoisotopic (exact) mass is 219 g/mol. The molecule has 0 saturated carbocycles. The maximum Gasteiger partial charge on any atom is 0.151 e. The Bertz CT molecular complexity index is 413. The number of hydrogen-bond donors (Lipinski definition) is 0. The molecule has 3 heteroatoms. The van der Waals surface area contributed by atoms with Crippen LogP contribution in [-0.4, -0.2) is 11.0 Å². The number of carbonyl (C=O) groups excluding carboxylic acids is 1. The summed E-state index contributed by atoms with van der Waals surface area (Å²) in [4.78, 5) is 11.6. The first-order valence-electron chi connectivity index (χ1n) is 4.65. The zero-order chi connectivity index (χ0) is 11.5. The van der Waals surface area contributed by atoms with Crippen LogP contribution in [0.25, 0.3) is 0 Å². The summed E-state index contributed by atoms with van der Waals surface area (Å²) >= 11 is 1.55. The van der Waals surface area contributed by atoms with Gasteiger partial charge in [0.2, 0.25) is 0 Å². The van der Waals surface area contributed by atoms with Crippen molar-refractivity contribution in [3.05, 3.63) is 29.3 Å². The van der Waals surface area contributed by atoms with E-state index in [-0.39, 0.29) is 4.75 Å². The predicted molar refractivity (Wildman–Crippen MR) is 62.2 cm³/mol. The second-order valence-electron chi connectivity index (χ2n) is 4.17. The lowest BCUT2D eigenvalue weighted by molar-refractivity contribution is 0.112. The summed E-state index contributed by atoms with van der Waals surface area (Å²) in [6.07, 6.45) is 0.801. The quantitative estimate of drug-likeness (QED) is 0.566. The molecule has 15 heavy (non-hydrogen) atoms. The smallest absolute Gasteiger partial charge is 0.151 e. The summed E-state index contributed by atoms with van der Waals surface area (Å²) in [6, 6.07) is 7.32. The average molecular weight is 219 g/mol. The van der Waals surface area contributed by atoms with Gasteiger partial charge >= 0.3 is 0 Å². The van der Waals surface area contributed by atoms with Crippen molar-refractivity contribution in [2.24, 2.45) is 0 Å². The number of aldehydes is 1. The zero-order valence-corrected chi connectivity index (χ0v) is 9.89. The lowest BCUT2D eigenvalue weighted by Gasteiger charge is -2.19. The fourth-order valence-corrected chi connectivity index (χ4v) is 2.23. The summed E-state index contributed by atoms with van der Waals surface area (Å²) in [5, 5.41) is 8.96. The Kier molecular flexibility index (Phi) is 3.54. The Morgan fingerprint density at radius 2 is 2.07 bits per heavy atom. The van der Waals surface area contributed by atoms with Crippen LogP contribution in [0.15, 0.2) is 23.1 Å². The molecule has 2 nitrogen and oxygen atoms in total. The second-order valence-corrected chi connectivity index (χ2v) is 6.01. The highest BCUT2D eigenvalue weighted by molar-refractivity contribution is 8.00. The van der Waals surface area contributed by atoms with Gasteiger partial charge in [-0.2, -0.15) is 5.26 Å². The minimum Gasteiger partial charge on any atom is -0.298 e. The van der Waals surface area contributed by atoms with E-state index in [0.29, 0.717) is 11.1 Å². The molecular weight excluding hydrogens is 206 g/mol. The molecule has 1 rings (SSSR count). The molecule has 0 amide bonds. The van der Waals surface area contributed by atoms with E-state index in [4.69, 9.17) is 5.26 Å². The van der Waals surface area contributed by atoms with Crippen LogP contribution in [0.2, 0.25) is 0 Å². The van der Waals surface area contributed by atoms with Gasteiger partial charge in [-0.1, -0.05) is 32.9 Å². The van der Waals surface area contributed by atoms with E-state index in [1.54, 1.807) is 30.0 Å². The van der Waals surface area contributed by atoms with Gasteiger partial charge in [-0.15, -0.1) is 11.8 Å². The maximum atomic E-state index is 10.9. The first kappa shape index (κ1) is 11.8. The van der Waals surface area contributed by atoms with Crippen molar-refractivity contribution in [1.82, 2.24) is 0 Å². The maximum absolute atomic E-state index is 10.9. The van der Waals surface area contributed by atoms with Crippen LogP contribution in [-0.2, 0) is 0 Å². The molecule has 0 N–H and O–H groups in total. The van der Waals surface area contributed by atoms with Gasteiger partial charge in [0.05, 0.1) is 5.56 Å². The van der Waals surface area contributed by atoms with E-state index in [9.17, 15) is 4.79 Å². The average Bonchev–Trinajstić information content (AvgIpc) is 2.16. The van der Waals surface area contributed by atoms with Gasteiger partial charge in [0.15, 0.2) is 6.29 Å². The molecule has 1 aromatic carbocycles. The highest BCUT2D eigenvalue weighted by Gasteiger charge is 2.17. The van der Waals surface area contributed by atoms with Crippen LogP contribution in [0.1, 0.15) is 36.7 Å². The molecule has 0 fully saturated rings. The number of nitrogens with zero attached hydrogens (tertiary/aromatic N) is 1. The molecule has 0 unspecified atom stereocenters. The van der Waals surface area contributed by atoms with E-state index >= 15 is 0 Å². The third kappa shape index (κ3) is 3.10. The Morgan fingerprint density at radius 1 is 1.40 bits per heavy atom. The topological polar surface area (TPSA) is 40.9 Å². The minimum atomic E-state index is -0.00921. The first-order valence-corrected chi connectivity index (χ1v) is 5.47. The predicted octanol–water partition coefficient (Wildman–Crippen LogP) is 3.26. The third-order valence-electron chi connectivity index (χ3n) is 1.70. The third-order valence-corrected chi connectivity index (χ3v) is 2.97. The first-order chi connectivity index (χ1) is 6.98. The summed E-state index contributed by atoms with van der Waals surface area (Å²) < 4.78 is -0.00921. The van der Waals surface area contributed by atoms with Gasteiger partial charge < -0.3 is 0 Å². The molecule has 0 atom stereocenters. The fourth-order valence-electron chi connectivity index (χ4n) is 1.16. The van der Waals surface area contributed by atoms with Crippen LogP contribution < -0.4 is 0 Å². The molecule has 0 bridgehead atoms. The minimum absolute atomic E-state index is 0.00921. The molecule has 0 saturated heterocycles. The van der Waals surface area contributed by atoms with Gasteiger partial charge in [0, 0.05) is 15.2 Å². The Balaban J connectivity index is 3.24. The van der Waals surface area contributed by atoms with Crippen LogP contribution >= 0.6 is 11.8 Å². The number of rotatable bonds is 2. The number of nitriles is 1. The Labute approximate surface area is 94.3 Å². The summed E-state index contributed by atoms with van der Waals surface area (Å²) in [6.45, 7) is 6.17. The molecule has 0 aliphatic heterocycles. The van der Waals surface area contributed by atoms with Crippen molar-refractivity contribution in [3.63, 3.8) is 0 Å². The highest BCUT2D eigenvalue weighted by atomic mass is 32.2. The van der Waals surface area contributed by atoms with Crippen molar-refractivity contribution >= 4 is 18.0 Å². The number of carbonyl (C=O) groups is 1. The van der Waals surface area contributed by atoms with Gasteiger partial charge in [-0.25, -0.2) is 0 Å². The summed E-state index contributed by atoms with van der Waals surface area (Å²) in [5.41, 5.74) is 1.16. The molecule has 0 aromatic heterocycles. The SMILES string of the molecule is CC(C)(C)Sc1c(C#N)cccc1C=O. The molecule has 1 aromatic rings. The molecule has 0 spiro atoms. The lowest BCUT2D eigenvalue weighted by atomic mass is 10.1. The normalized spacial score (nSPS) is 10.8. The largest absolute Gasteiger partial charge is 0.298 e. The number of thioether (sulfide) groups is 1. The zero-order valence-electron chi connectivity index (χ0n) is 9.07. The van der Waals surface area contributed by atoms with Crippen molar-refractivity contribution < 1.29 is 4.79 Å². The van der Waals surface area contributed by atoms with Crippen molar-refractivity contribution in [1.29, 1.82) is 5.26 Å². The van der Waals surface area contributed by atoms with E-state index in [1.807, 2.05) is 0 Å². The molecule has 0 heterocycles. The van der Waals surface area contributed by atoms with Crippen LogP contribution in [0.3, 0.4) is 0 Å². The van der Waals surface area contributed by atoms with Crippen molar-refractivity contribution in [2.45, 2.75) is 30.4 Å². The van der Waals surface area contributed by atoms with Crippen molar-refractivity contribution in [2.75, 3.05) is 0 Å². The van der Waals surface area contributed by atoms with Crippen LogP contribution in [0.5, 0.6) is 0 Å². The molecule has 0 aliphatic carbocycles. The number of hydrogen-bond acceptors (Lipinski definition) is 3. The second kappa shape index (κ2) is 4.50. The highest BCUT2D eigenvalue weighted by Crippen LogP contribution is 2.35. The summed E-state index contributed by atoms with van der Waals surface area (Å²) in [7, 11) is 0. The van der Waals surface area contributed by atoms with Gasteiger partial charge in [-0.05, 0) is 6.07 Å². The van der Waals surface area contributed by atoms with Gasteiger partial charge in [-0.3, -0.25) is 4.79 Å². The van der Waals surface area contributed by atoms with Gasteiger partial charge in [0.1, 0.15) is 6.07 Å². The Hall–Kier alpha value is -1.27. The summed E-state index contributed by atoms with van der Waals surface area (Å²) in [5.74, 6) is 0. The van der Waals surface area contributed by atoms with Gasteiger partial charge in [0.25, 0.3) is 0 Å². The molecule has 0 radical (unpaired) electrons.